The molecule has 0 aliphatic carbocycles. The minimum absolute atomic E-state index is 0.0181. The molecule has 2 aromatic carbocycles. The molecule has 0 radical (unpaired) electrons. The summed E-state index contributed by atoms with van der Waals surface area (Å²) in [6.07, 6.45) is 1.64. The maximum Gasteiger partial charge on any atom is 0.315 e. The molecule has 3 rings (SSSR count). The predicted octanol–water partition coefficient (Wildman–Crippen LogP) is 3.42. The molecule has 1 aliphatic rings. The second-order valence-electron chi connectivity index (χ2n) is 7.20. The van der Waals surface area contributed by atoms with Gasteiger partial charge in [-0.05, 0) is 56.0 Å². The average Bonchev–Trinajstić information content (AvgIpc) is 3.14. The molecule has 0 fully saturated rings. The van der Waals surface area contributed by atoms with Gasteiger partial charge in [-0.1, -0.05) is 29.8 Å². The number of anilines is 1. The van der Waals surface area contributed by atoms with Crippen LogP contribution in [0.2, 0.25) is 0 Å². The lowest BCUT2D eigenvalue weighted by Crippen LogP contribution is -2.36. The van der Waals surface area contributed by atoms with Gasteiger partial charge in [0.05, 0.1) is 0 Å². The second-order valence-corrected chi connectivity index (χ2v) is 7.20. The van der Waals surface area contributed by atoms with Gasteiger partial charge in [-0.25, -0.2) is 4.79 Å². The molecule has 0 bridgehead atoms. The number of nitrogens with zero attached hydrogens (tertiary/aromatic N) is 1. The Hall–Kier alpha value is -2.86. The van der Waals surface area contributed by atoms with Crippen molar-refractivity contribution in [3.63, 3.8) is 0 Å². The Labute approximate surface area is 172 Å². The van der Waals surface area contributed by atoms with Gasteiger partial charge in [0.15, 0.2) is 0 Å². The highest BCUT2D eigenvalue weighted by Gasteiger charge is 2.25. The first-order valence-electron chi connectivity index (χ1n) is 10.2. The van der Waals surface area contributed by atoms with E-state index in [0.717, 1.165) is 35.2 Å². The number of hydrogen-bond acceptors (Lipinski definition) is 3. The molecule has 0 aromatic heterocycles. The fraction of sp³-hybridized carbons (Fsp3) is 0.391. The molecule has 0 saturated carbocycles. The van der Waals surface area contributed by atoms with Crippen molar-refractivity contribution >= 4 is 17.6 Å². The molecule has 1 aliphatic heterocycles. The van der Waals surface area contributed by atoms with Crippen LogP contribution in [0.15, 0.2) is 42.5 Å². The molecule has 0 unspecified atom stereocenters. The molecule has 0 spiro atoms. The standard InChI is InChI=1S/C23H29N3O3/c1-3-29-13-5-11-24-23(28)25-16-18-8-9-19-10-12-26(21(19)15-18)22(27)20-7-4-6-17(2)14-20/h4,6-9,14-15H,3,5,10-13,16H2,1-2H3,(H2,24,25,28). The Balaban J connectivity index is 1.58. The molecule has 2 aromatic rings. The van der Waals surface area contributed by atoms with Gasteiger partial charge in [0.2, 0.25) is 0 Å². The normalized spacial score (nSPS) is 12.6. The van der Waals surface area contributed by atoms with E-state index in [1.54, 1.807) is 0 Å². The lowest BCUT2D eigenvalue weighted by atomic mass is 10.1. The minimum atomic E-state index is -0.199. The summed E-state index contributed by atoms with van der Waals surface area (Å²) in [5, 5.41) is 5.69. The van der Waals surface area contributed by atoms with Gasteiger partial charge in [-0.3, -0.25) is 4.79 Å². The molecule has 6 heteroatoms. The monoisotopic (exact) mass is 395 g/mol. The van der Waals surface area contributed by atoms with Crippen LogP contribution in [-0.4, -0.2) is 38.2 Å². The number of rotatable bonds is 8. The first kappa shape index (κ1) is 20.9. The topological polar surface area (TPSA) is 70.7 Å². The van der Waals surface area contributed by atoms with E-state index in [-0.39, 0.29) is 11.9 Å². The van der Waals surface area contributed by atoms with Gasteiger partial charge < -0.3 is 20.3 Å². The molecule has 29 heavy (non-hydrogen) atoms. The highest BCUT2D eigenvalue weighted by atomic mass is 16.5. The number of urea groups is 1. The van der Waals surface area contributed by atoms with E-state index in [2.05, 4.69) is 16.7 Å². The summed E-state index contributed by atoms with van der Waals surface area (Å²) in [5.41, 5.74) is 4.84. The summed E-state index contributed by atoms with van der Waals surface area (Å²) < 4.78 is 5.25. The first-order valence-corrected chi connectivity index (χ1v) is 10.2. The van der Waals surface area contributed by atoms with E-state index in [1.807, 2.05) is 55.1 Å². The molecule has 154 valence electrons. The quantitative estimate of drug-likeness (QED) is 0.673. The van der Waals surface area contributed by atoms with Crippen molar-refractivity contribution in [3.05, 3.63) is 64.7 Å². The number of benzene rings is 2. The predicted molar refractivity (Wildman–Crippen MR) is 114 cm³/mol. The summed E-state index contributed by atoms with van der Waals surface area (Å²) in [6, 6.07) is 13.5. The van der Waals surface area contributed by atoms with Crippen molar-refractivity contribution in [1.82, 2.24) is 10.6 Å². The van der Waals surface area contributed by atoms with Gasteiger partial charge in [0.25, 0.3) is 5.91 Å². The summed E-state index contributed by atoms with van der Waals surface area (Å²) >= 11 is 0. The zero-order chi connectivity index (χ0) is 20.6. The van der Waals surface area contributed by atoms with Crippen molar-refractivity contribution in [3.8, 4) is 0 Å². The largest absolute Gasteiger partial charge is 0.382 e. The Bertz CT molecular complexity index is 866. The maximum absolute atomic E-state index is 13.0. The zero-order valence-corrected chi connectivity index (χ0v) is 17.2. The third kappa shape index (κ3) is 5.57. The van der Waals surface area contributed by atoms with E-state index in [9.17, 15) is 9.59 Å². The number of amides is 3. The van der Waals surface area contributed by atoms with Crippen LogP contribution in [0.4, 0.5) is 10.5 Å². The number of hydrogen-bond donors (Lipinski definition) is 2. The smallest absolute Gasteiger partial charge is 0.315 e. The minimum Gasteiger partial charge on any atom is -0.382 e. The summed E-state index contributed by atoms with van der Waals surface area (Å²) in [5.74, 6) is 0.0181. The van der Waals surface area contributed by atoms with E-state index in [0.29, 0.717) is 38.4 Å². The van der Waals surface area contributed by atoms with Crippen molar-refractivity contribution < 1.29 is 14.3 Å². The van der Waals surface area contributed by atoms with Crippen LogP contribution in [0.3, 0.4) is 0 Å². The highest BCUT2D eigenvalue weighted by Crippen LogP contribution is 2.30. The lowest BCUT2D eigenvalue weighted by molar-refractivity contribution is 0.0989. The van der Waals surface area contributed by atoms with Gasteiger partial charge >= 0.3 is 6.03 Å². The van der Waals surface area contributed by atoms with E-state index in [4.69, 9.17) is 4.74 Å². The van der Waals surface area contributed by atoms with Crippen molar-refractivity contribution in [1.29, 1.82) is 0 Å². The van der Waals surface area contributed by atoms with E-state index < -0.39 is 0 Å². The molecule has 6 nitrogen and oxygen atoms in total. The fourth-order valence-electron chi connectivity index (χ4n) is 3.44. The third-order valence-electron chi connectivity index (χ3n) is 4.96. The van der Waals surface area contributed by atoms with Gasteiger partial charge in [-0.15, -0.1) is 0 Å². The summed E-state index contributed by atoms with van der Waals surface area (Å²) in [7, 11) is 0. The van der Waals surface area contributed by atoms with Crippen LogP contribution < -0.4 is 15.5 Å². The molecular weight excluding hydrogens is 366 g/mol. The van der Waals surface area contributed by atoms with Gasteiger partial charge in [0.1, 0.15) is 0 Å². The number of fused-ring (bicyclic) bond motifs is 1. The van der Waals surface area contributed by atoms with Crippen LogP contribution in [0.5, 0.6) is 0 Å². The summed E-state index contributed by atoms with van der Waals surface area (Å²) in [4.78, 5) is 26.7. The second kappa shape index (κ2) is 10.1. The van der Waals surface area contributed by atoms with E-state index >= 15 is 0 Å². The van der Waals surface area contributed by atoms with Crippen LogP contribution in [0.25, 0.3) is 0 Å². The maximum atomic E-state index is 13.0. The first-order chi connectivity index (χ1) is 14.1. The highest BCUT2D eigenvalue weighted by molar-refractivity contribution is 6.07. The fourth-order valence-corrected chi connectivity index (χ4v) is 3.44. The van der Waals surface area contributed by atoms with Crippen LogP contribution in [0.1, 0.15) is 40.4 Å². The van der Waals surface area contributed by atoms with Crippen LogP contribution in [-0.2, 0) is 17.7 Å². The van der Waals surface area contributed by atoms with Crippen molar-refractivity contribution in [2.45, 2.75) is 33.2 Å². The Morgan fingerprint density at radius 3 is 2.79 bits per heavy atom. The van der Waals surface area contributed by atoms with E-state index in [1.165, 1.54) is 0 Å². The molecule has 1 heterocycles. The molecule has 3 amide bonds. The third-order valence-corrected chi connectivity index (χ3v) is 4.96. The van der Waals surface area contributed by atoms with Gasteiger partial charge in [-0.2, -0.15) is 0 Å². The SMILES string of the molecule is CCOCCCNC(=O)NCc1ccc2c(c1)N(C(=O)c1cccc(C)c1)CC2. The number of carbonyl (C=O) groups is 2. The Morgan fingerprint density at radius 1 is 1.14 bits per heavy atom. The number of carbonyl (C=O) groups excluding carboxylic acids is 2. The van der Waals surface area contributed by atoms with Crippen molar-refractivity contribution in [2.24, 2.45) is 0 Å². The molecule has 0 saturated heterocycles. The summed E-state index contributed by atoms with van der Waals surface area (Å²) in [6.45, 7) is 6.94. The zero-order valence-electron chi connectivity index (χ0n) is 17.2. The number of nitrogens with one attached hydrogen (secondary N) is 2. The van der Waals surface area contributed by atoms with Crippen molar-refractivity contribution in [2.75, 3.05) is 31.2 Å². The van der Waals surface area contributed by atoms with Crippen LogP contribution in [0, 0.1) is 6.92 Å². The molecular formula is C23H29N3O3. The number of aryl methyl sites for hydroxylation is 1. The molecule has 0 atom stereocenters. The Kier molecular flexibility index (Phi) is 7.25. The molecule has 2 N–H and O–H groups in total. The Morgan fingerprint density at radius 2 is 2.00 bits per heavy atom. The van der Waals surface area contributed by atoms with Gasteiger partial charge in [0, 0.05) is 44.1 Å². The van der Waals surface area contributed by atoms with Crippen LogP contribution >= 0.6 is 0 Å². The average molecular weight is 396 g/mol. The number of ether oxygens (including phenoxy) is 1. The lowest BCUT2D eigenvalue weighted by Gasteiger charge is -2.18.